The van der Waals surface area contributed by atoms with Gasteiger partial charge < -0.3 is 0 Å². The van der Waals surface area contributed by atoms with Crippen LogP contribution in [-0.4, -0.2) is 14.3 Å². The van der Waals surface area contributed by atoms with Gasteiger partial charge in [0.1, 0.15) is 0 Å². The lowest BCUT2D eigenvalue weighted by atomic mass is 10.1. The van der Waals surface area contributed by atoms with Crippen LogP contribution in [0.15, 0.2) is 77.7 Å². The Hall–Kier alpha value is -2.34. The summed E-state index contributed by atoms with van der Waals surface area (Å²) >= 11 is 12.0. The number of carbonyl (C=O) groups excluding carboxylic acids is 1. The second-order valence-electron chi connectivity index (χ2n) is 6.79. The molecule has 3 rings (SSSR count). The Kier molecular flexibility index (Phi) is 7.19. The van der Waals surface area contributed by atoms with Crippen LogP contribution in [0.4, 0.5) is 5.69 Å². The molecule has 0 spiro atoms. The highest BCUT2D eigenvalue weighted by molar-refractivity contribution is 7.93. The van der Waals surface area contributed by atoms with Gasteiger partial charge in [0.15, 0.2) is 0 Å². The first kappa shape index (κ1) is 22.3. The minimum atomic E-state index is -4.15. The Morgan fingerprint density at radius 1 is 0.900 bits per heavy atom. The van der Waals surface area contributed by atoms with E-state index in [4.69, 9.17) is 23.2 Å². The van der Waals surface area contributed by atoms with Crippen LogP contribution in [0, 0.1) is 0 Å². The Labute approximate surface area is 187 Å². The van der Waals surface area contributed by atoms with E-state index in [1.54, 1.807) is 30.3 Å². The molecule has 0 aromatic heterocycles. The molecule has 30 heavy (non-hydrogen) atoms. The summed E-state index contributed by atoms with van der Waals surface area (Å²) in [5, 5.41) is 0.459. The summed E-state index contributed by atoms with van der Waals surface area (Å²) in [5.74, 6) is -0.710. The van der Waals surface area contributed by atoms with Gasteiger partial charge in [0.25, 0.3) is 15.9 Å². The molecule has 0 unspecified atom stereocenters. The summed E-state index contributed by atoms with van der Waals surface area (Å²) in [4.78, 5) is 13.4. The number of unbranched alkanes of at least 4 members (excludes halogenated alkanes) is 1. The molecule has 0 bridgehead atoms. The zero-order valence-electron chi connectivity index (χ0n) is 16.4. The highest BCUT2D eigenvalue weighted by atomic mass is 35.5. The molecule has 0 aliphatic heterocycles. The Morgan fingerprint density at radius 3 is 2.17 bits per heavy atom. The van der Waals surface area contributed by atoms with Crippen molar-refractivity contribution in [3.05, 3.63) is 94.0 Å². The highest BCUT2D eigenvalue weighted by Crippen LogP contribution is 2.29. The van der Waals surface area contributed by atoms with E-state index in [2.05, 4.69) is 6.92 Å². The van der Waals surface area contributed by atoms with E-state index >= 15 is 0 Å². The second kappa shape index (κ2) is 9.65. The minimum absolute atomic E-state index is 0.0217. The third-order valence-corrected chi connectivity index (χ3v) is 7.09. The normalized spacial score (nSPS) is 11.3. The van der Waals surface area contributed by atoms with Crippen molar-refractivity contribution >= 4 is 44.8 Å². The van der Waals surface area contributed by atoms with Crippen LogP contribution in [0.1, 0.15) is 35.7 Å². The molecule has 0 heterocycles. The molecule has 0 aliphatic carbocycles. The predicted octanol–water partition coefficient (Wildman–Crippen LogP) is 6.37. The summed E-state index contributed by atoms with van der Waals surface area (Å²) in [6.45, 7) is 2.11. The number of carbonyl (C=O) groups is 1. The molecule has 0 N–H and O–H groups in total. The van der Waals surface area contributed by atoms with E-state index in [1.165, 1.54) is 30.3 Å². The van der Waals surface area contributed by atoms with Gasteiger partial charge in [-0.25, -0.2) is 8.42 Å². The second-order valence-corrected chi connectivity index (χ2v) is 9.39. The van der Waals surface area contributed by atoms with Gasteiger partial charge in [0, 0.05) is 5.56 Å². The largest absolute Gasteiger partial charge is 0.272 e. The first-order valence-electron chi connectivity index (χ1n) is 9.53. The first-order valence-corrected chi connectivity index (χ1v) is 11.7. The molecule has 1 amide bonds. The summed E-state index contributed by atoms with van der Waals surface area (Å²) in [6.07, 6.45) is 2.99. The molecular weight excluding hydrogens is 441 g/mol. The smallest absolute Gasteiger partial charge is 0.268 e. The molecule has 0 atom stereocenters. The van der Waals surface area contributed by atoms with Gasteiger partial charge in [0.05, 0.1) is 20.6 Å². The lowest BCUT2D eigenvalue weighted by Gasteiger charge is -2.23. The number of amides is 1. The highest BCUT2D eigenvalue weighted by Gasteiger charge is 2.32. The third-order valence-electron chi connectivity index (χ3n) is 4.62. The van der Waals surface area contributed by atoms with Crippen LogP contribution in [0.2, 0.25) is 10.0 Å². The zero-order valence-corrected chi connectivity index (χ0v) is 18.7. The van der Waals surface area contributed by atoms with Crippen LogP contribution in [0.5, 0.6) is 0 Å². The summed E-state index contributed by atoms with van der Waals surface area (Å²) in [5.41, 5.74) is 1.47. The maximum atomic E-state index is 13.4. The fraction of sp³-hybridized carbons (Fsp3) is 0.174. The number of anilines is 1. The van der Waals surface area contributed by atoms with Gasteiger partial charge in [-0.05, 0) is 60.9 Å². The van der Waals surface area contributed by atoms with Gasteiger partial charge >= 0.3 is 0 Å². The van der Waals surface area contributed by atoms with Crippen LogP contribution < -0.4 is 4.31 Å². The predicted molar refractivity (Wildman–Crippen MR) is 122 cm³/mol. The fourth-order valence-corrected chi connectivity index (χ4v) is 4.72. The van der Waals surface area contributed by atoms with Crippen molar-refractivity contribution in [3.8, 4) is 0 Å². The number of hydrogen-bond donors (Lipinski definition) is 0. The Bertz CT molecular complexity index is 1130. The topological polar surface area (TPSA) is 54.5 Å². The van der Waals surface area contributed by atoms with E-state index in [0.717, 1.165) is 29.1 Å². The lowest BCUT2D eigenvalue weighted by Crippen LogP contribution is -2.37. The monoisotopic (exact) mass is 461 g/mol. The number of sulfonamides is 1. The van der Waals surface area contributed by atoms with Crippen molar-refractivity contribution in [3.63, 3.8) is 0 Å². The number of nitrogens with zero attached hydrogens (tertiary/aromatic N) is 1. The van der Waals surface area contributed by atoms with Crippen molar-refractivity contribution in [2.45, 2.75) is 31.1 Å². The standard InChI is InChI=1S/C23H21Cl2NO3S/c1-2-3-7-17-10-13-19(14-11-17)26(30(28,29)20-8-5-4-6-9-20)23(27)18-12-15-21(24)22(25)16-18/h4-6,8-16H,2-3,7H2,1H3. The Morgan fingerprint density at radius 2 is 1.57 bits per heavy atom. The molecule has 156 valence electrons. The molecule has 0 fully saturated rings. The van der Waals surface area contributed by atoms with Gasteiger partial charge in [-0.15, -0.1) is 0 Å². The average molecular weight is 462 g/mol. The van der Waals surface area contributed by atoms with Crippen molar-refractivity contribution in [2.75, 3.05) is 4.31 Å². The SMILES string of the molecule is CCCCc1ccc(N(C(=O)c2ccc(Cl)c(Cl)c2)S(=O)(=O)c2ccccc2)cc1. The van der Waals surface area contributed by atoms with Crippen molar-refractivity contribution in [1.82, 2.24) is 0 Å². The van der Waals surface area contributed by atoms with Gasteiger partial charge in [-0.3, -0.25) is 4.79 Å². The van der Waals surface area contributed by atoms with Crippen molar-refractivity contribution in [2.24, 2.45) is 0 Å². The summed E-state index contributed by atoms with van der Waals surface area (Å²) in [6, 6.07) is 19.2. The molecule has 0 aliphatic rings. The summed E-state index contributed by atoms with van der Waals surface area (Å²) < 4.78 is 27.6. The van der Waals surface area contributed by atoms with Crippen LogP contribution in [0.25, 0.3) is 0 Å². The molecule has 0 saturated heterocycles. The molecular formula is C23H21Cl2NO3S. The number of benzene rings is 3. The van der Waals surface area contributed by atoms with E-state index < -0.39 is 15.9 Å². The van der Waals surface area contributed by atoms with Crippen LogP contribution in [-0.2, 0) is 16.4 Å². The molecule has 4 nitrogen and oxygen atoms in total. The van der Waals surface area contributed by atoms with Gasteiger partial charge in [-0.2, -0.15) is 4.31 Å². The van der Waals surface area contributed by atoms with E-state index in [0.29, 0.717) is 0 Å². The molecule has 0 saturated carbocycles. The third kappa shape index (κ3) is 4.86. The fourth-order valence-electron chi connectivity index (χ4n) is 2.99. The zero-order chi connectivity index (χ0) is 21.7. The molecule has 3 aromatic rings. The number of hydrogen-bond acceptors (Lipinski definition) is 3. The average Bonchev–Trinajstić information content (AvgIpc) is 2.75. The minimum Gasteiger partial charge on any atom is -0.268 e. The van der Waals surface area contributed by atoms with E-state index in [-0.39, 0.29) is 26.2 Å². The molecule has 7 heteroatoms. The van der Waals surface area contributed by atoms with E-state index in [1.807, 2.05) is 12.1 Å². The molecule has 3 aromatic carbocycles. The van der Waals surface area contributed by atoms with Crippen LogP contribution >= 0.6 is 23.2 Å². The Balaban J connectivity index is 2.09. The number of rotatable bonds is 7. The quantitative estimate of drug-likeness (QED) is 0.410. The number of halogens is 2. The first-order chi connectivity index (χ1) is 14.3. The number of aryl methyl sites for hydroxylation is 1. The van der Waals surface area contributed by atoms with E-state index in [9.17, 15) is 13.2 Å². The summed E-state index contributed by atoms with van der Waals surface area (Å²) in [7, 11) is -4.15. The van der Waals surface area contributed by atoms with Crippen molar-refractivity contribution in [1.29, 1.82) is 0 Å². The van der Waals surface area contributed by atoms with Crippen LogP contribution in [0.3, 0.4) is 0 Å². The van der Waals surface area contributed by atoms with Gasteiger partial charge in [-0.1, -0.05) is 66.9 Å². The molecule has 0 radical (unpaired) electrons. The van der Waals surface area contributed by atoms with Gasteiger partial charge in [0.2, 0.25) is 0 Å². The maximum Gasteiger partial charge on any atom is 0.272 e. The maximum absolute atomic E-state index is 13.4. The lowest BCUT2D eigenvalue weighted by molar-refractivity contribution is 0.101. The van der Waals surface area contributed by atoms with Crippen molar-refractivity contribution < 1.29 is 13.2 Å².